The molecule has 0 aromatic heterocycles. The van der Waals surface area contributed by atoms with E-state index in [0.717, 1.165) is 18.6 Å². The second-order valence-electron chi connectivity index (χ2n) is 7.40. The zero-order valence-electron chi connectivity index (χ0n) is 13.8. The maximum absolute atomic E-state index is 9.43. The number of nitriles is 1. The van der Waals surface area contributed by atoms with E-state index in [-0.39, 0.29) is 5.41 Å². The number of nitrogens with zero attached hydrogens (tertiary/aromatic N) is 1. The predicted molar refractivity (Wildman–Crippen MR) is 85.5 cm³/mol. The average Bonchev–Trinajstić information content (AvgIpc) is 3.19. The van der Waals surface area contributed by atoms with Crippen LogP contribution in [0.5, 0.6) is 5.75 Å². The summed E-state index contributed by atoms with van der Waals surface area (Å²) < 4.78 is 6.04. The fraction of sp³-hybridized carbons (Fsp3) is 0.611. The van der Waals surface area contributed by atoms with Crippen LogP contribution in [0.2, 0.25) is 0 Å². The molecule has 2 rings (SSSR count). The number of ether oxygens (including phenoxy) is 1. The van der Waals surface area contributed by atoms with Crippen LogP contribution in [0.4, 0.5) is 0 Å². The molecule has 0 bridgehead atoms. The van der Waals surface area contributed by atoms with E-state index >= 15 is 0 Å². The molecule has 1 aromatic rings. The van der Waals surface area contributed by atoms with Gasteiger partial charge in [-0.1, -0.05) is 32.9 Å². The molecule has 1 aliphatic rings. The minimum absolute atomic E-state index is 0.0238. The summed E-state index contributed by atoms with van der Waals surface area (Å²) in [6, 6.07) is 9.14. The van der Waals surface area contributed by atoms with Crippen LogP contribution in [0.25, 0.3) is 0 Å². The van der Waals surface area contributed by atoms with Crippen molar-refractivity contribution >= 4 is 0 Å². The molecule has 3 nitrogen and oxygen atoms in total. The maximum Gasteiger partial charge on any atom is 0.138 e. The summed E-state index contributed by atoms with van der Waals surface area (Å²) in [5, 5.41) is 12.8. The Labute approximate surface area is 128 Å². The van der Waals surface area contributed by atoms with Crippen molar-refractivity contribution in [3.8, 4) is 11.8 Å². The van der Waals surface area contributed by atoms with E-state index in [2.05, 4.69) is 57.3 Å². The first-order valence-electron chi connectivity index (χ1n) is 7.66. The number of benzene rings is 1. The maximum atomic E-state index is 9.43. The van der Waals surface area contributed by atoms with Crippen molar-refractivity contribution in [1.82, 2.24) is 5.32 Å². The Bertz CT molecular complexity index is 549. The largest absolute Gasteiger partial charge is 0.490 e. The van der Waals surface area contributed by atoms with Gasteiger partial charge in [-0.25, -0.2) is 0 Å². The summed E-state index contributed by atoms with van der Waals surface area (Å²) in [7, 11) is 0. The molecule has 1 fully saturated rings. The lowest BCUT2D eigenvalue weighted by Gasteiger charge is -2.27. The zero-order valence-corrected chi connectivity index (χ0v) is 13.8. The molecule has 1 N–H and O–H groups in total. The van der Waals surface area contributed by atoms with Gasteiger partial charge >= 0.3 is 0 Å². The van der Waals surface area contributed by atoms with E-state index in [0.29, 0.717) is 12.6 Å². The number of nitrogens with one attached hydrogen (secondary N) is 1. The van der Waals surface area contributed by atoms with Gasteiger partial charge in [-0.3, -0.25) is 5.32 Å². The molecular weight excluding hydrogens is 260 g/mol. The van der Waals surface area contributed by atoms with Crippen LogP contribution < -0.4 is 10.1 Å². The quantitative estimate of drug-likeness (QED) is 0.897. The van der Waals surface area contributed by atoms with Crippen molar-refractivity contribution in [2.24, 2.45) is 0 Å². The van der Waals surface area contributed by atoms with Crippen molar-refractivity contribution in [3.05, 3.63) is 29.3 Å². The Balaban J connectivity index is 2.15. The van der Waals surface area contributed by atoms with E-state index in [1.165, 1.54) is 11.1 Å². The highest BCUT2D eigenvalue weighted by atomic mass is 16.5. The lowest BCUT2D eigenvalue weighted by atomic mass is 9.86. The van der Waals surface area contributed by atoms with Gasteiger partial charge < -0.3 is 4.74 Å². The van der Waals surface area contributed by atoms with E-state index in [1.807, 2.05) is 6.92 Å². The molecule has 0 aliphatic heterocycles. The van der Waals surface area contributed by atoms with Crippen LogP contribution in [0.1, 0.15) is 51.7 Å². The summed E-state index contributed by atoms with van der Waals surface area (Å²) in [5.74, 6) is 0.890. The summed E-state index contributed by atoms with van der Waals surface area (Å²) in [5.41, 5.74) is 1.75. The van der Waals surface area contributed by atoms with Crippen molar-refractivity contribution in [3.63, 3.8) is 0 Å². The van der Waals surface area contributed by atoms with Crippen molar-refractivity contribution < 1.29 is 4.74 Å². The highest BCUT2D eigenvalue weighted by Gasteiger charge is 2.33. The third-order valence-electron chi connectivity index (χ3n) is 3.81. The van der Waals surface area contributed by atoms with Gasteiger partial charge in [0.15, 0.2) is 0 Å². The molecule has 0 amide bonds. The molecule has 1 atom stereocenters. The molecule has 0 saturated heterocycles. The van der Waals surface area contributed by atoms with Crippen LogP contribution in [-0.4, -0.2) is 18.2 Å². The average molecular weight is 286 g/mol. The topological polar surface area (TPSA) is 45.0 Å². The first kappa shape index (κ1) is 15.9. The number of hydrogen-bond acceptors (Lipinski definition) is 3. The second-order valence-corrected chi connectivity index (χ2v) is 7.40. The lowest BCUT2D eigenvalue weighted by molar-refractivity contribution is 0.228. The minimum Gasteiger partial charge on any atom is -0.490 e. The summed E-state index contributed by atoms with van der Waals surface area (Å²) in [4.78, 5) is 0. The van der Waals surface area contributed by atoms with Gasteiger partial charge in [-0.15, -0.1) is 0 Å². The van der Waals surface area contributed by atoms with Crippen LogP contribution in [-0.2, 0) is 5.41 Å². The standard InChI is InChI=1S/C18H26N2O/c1-13-6-9-15(17(2,3)4)16(10-13)21-12-18(5,11-19)20-14-7-8-14/h6,9-10,14,20H,7-8,12H2,1-5H3/t18-/m1/s1. The Morgan fingerprint density at radius 2 is 1.95 bits per heavy atom. The summed E-state index contributed by atoms with van der Waals surface area (Å²) in [6.07, 6.45) is 2.32. The number of rotatable bonds is 5. The molecule has 1 aliphatic carbocycles. The molecule has 0 heterocycles. The monoisotopic (exact) mass is 286 g/mol. The molecule has 114 valence electrons. The third kappa shape index (κ3) is 4.22. The van der Waals surface area contributed by atoms with Gasteiger partial charge in [0.1, 0.15) is 17.9 Å². The SMILES string of the molecule is Cc1ccc(C(C)(C)C)c(OC[C@@](C)(C#N)NC2CC2)c1. The zero-order chi connectivity index (χ0) is 15.7. The van der Waals surface area contributed by atoms with Crippen LogP contribution in [0, 0.1) is 18.3 Å². The molecule has 0 unspecified atom stereocenters. The highest BCUT2D eigenvalue weighted by molar-refractivity contribution is 5.41. The van der Waals surface area contributed by atoms with Crippen molar-refractivity contribution in [1.29, 1.82) is 5.26 Å². The van der Waals surface area contributed by atoms with E-state index in [1.54, 1.807) is 0 Å². The molecule has 21 heavy (non-hydrogen) atoms. The Hall–Kier alpha value is -1.53. The highest BCUT2D eigenvalue weighted by Crippen LogP contribution is 2.32. The van der Waals surface area contributed by atoms with E-state index < -0.39 is 5.54 Å². The first-order valence-corrected chi connectivity index (χ1v) is 7.66. The lowest BCUT2D eigenvalue weighted by Crippen LogP contribution is -2.47. The van der Waals surface area contributed by atoms with Crippen LogP contribution >= 0.6 is 0 Å². The van der Waals surface area contributed by atoms with Crippen molar-refractivity contribution in [2.75, 3.05) is 6.61 Å². The van der Waals surface area contributed by atoms with Gasteiger partial charge in [0.2, 0.25) is 0 Å². The van der Waals surface area contributed by atoms with Gasteiger partial charge in [-0.2, -0.15) is 5.26 Å². The molecule has 3 heteroatoms. The van der Waals surface area contributed by atoms with Crippen LogP contribution in [0.3, 0.4) is 0 Å². The Kier molecular flexibility index (Phi) is 4.30. The molecule has 1 aromatic carbocycles. The fourth-order valence-electron chi connectivity index (χ4n) is 2.38. The predicted octanol–water partition coefficient (Wildman–Crippen LogP) is 3.71. The molecule has 0 radical (unpaired) electrons. The minimum atomic E-state index is -0.625. The van der Waals surface area contributed by atoms with Gasteiger partial charge in [-0.05, 0) is 49.3 Å². The molecular formula is C18H26N2O. The van der Waals surface area contributed by atoms with Crippen LogP contribution in [0.15, 0.2) is 18.2 Å². The Morgan fingerprint density at radius 1 is 1.29 bits per heavy atom. The van der Waals surface area contributed by atoms with Crippen molar-refractivity contribution in [2.45, 2.75) is 64.5 Å². The molecule has 1 saturated carbocycles. The second kappa shape index (κ2) is 5.69. The third-order valence-corrected chi connectivity index (χ3v) is 3.81. The first-order chi connectivity index (χ1) is 9.73. The fourth-order valence-corrected chi connectivity index (χ4v) is 2.38. The van der Waals surface area contributed by atoms with Gasteiger partial charge in [0, 0.05) is 6.04 Å². The Morgan fingerprint density at radius 3 is 2.48 bits per heavy atom. The smallest absolute Gasteiger partial charge is 0.138 e. The summed E-state index contributed by atoms with van der Waals surface area (Å²) >= 11 is 0. The van der Waals surface area contributed by atoms with Gasteiger partial charge in [0.05, 0.1) is 6.07 Å². The number of hydrogen-bond donors (Lipinski definition) is 1. The molecule has 0 spiro atoms. The summed E-state index contributed by atoms with van der Waals surface area (Å²) in [6.45, 7) is 10.9. The van der Waals surface area contributed by atoms with E-state index in [4.69, 9.17) is 4.74 Å². The number of aryl methyl sites for hydroxylation is 1. The van der Waals surface area contributed by atoms with E-state index in [9.17, 15) is 5.26 Å². The van der Waals surface area contributed by atoms with Gasteiger partial charge in [0.25, 0.3) is 0 Å². The normalized spacial score (nSPS) is 17.9.